The molecule has 2 aliphatic heterocycles. The summed E-state index contributed by atoms with van der Waals surface area (Å²) in [6, 6.07) is 19.4. The second-order valence-corrected chi connectivity index (χ2v) is 8.23. The molecule has 5 nitrogen and oxygen atoms in total. The van der Waals surface area contributed by atoms with Crippen molar-refractivity contribution in [1.29, 1.82) is 0 Å². The Morgan fingerprint density at radius 2 is 1.74 bits per heavy atom. The molecule has 2 heterocycles. The van der Waals surface area contributed by atoms with Crippen LogP contribution in [0.3, 0.4) is 0 Å². The van der Waals surface area contributed by atoms with Gasteiger partial charge in [0.1, 0.15) is 5.75 Å². The molecule has 0 unspecified atom stereocenters. The lowest BCUT2D eigenvalue weighted by Gasteiger charge is -2.38. The van der Waals surface area contributed by atoms with Crippen LogP contribution in [0.4, 0.5) is 0 Å². The molecule has 0 N–H and O–H groups in total. The second kappa shape index (κ2) is 7.98. The predicted octanol–water partition coefficient (Wildman–Crippen LogP) is 6.25. The van der Waals surface area contributed by atoms with Gasteiger partial charge in [-0.15, -0.1) is 0 Å². The maximum atomic E-state index is 6.54. The smallest absolute Gasteiger partial charge is 0.215 e. The summed E-state index contributed by atoms with van der Waals surface area (Å²) in [6.45, 7) is 0. The summed E-state index contributed by atoms with van der Waals surface area (Å²) in [5.41, 5.74) is 3.85. The van der Waals surface area contributed by atoms with Gasteiger partial charge in [0.15, 0.2) is 11.5 Å². The van der Waals surface area contributed by atoms with Crippen molar-refractivity contribution in [2.75, 3.05) is 14.2 Å². The Morgan fingerprint density at radius 1 is 0.935 bits per heavy atom. The number of nitrogens with zero attached hydrogens (tertiary/aromatic N) is 2. The number of fused-ring (bicyclic) bond motifs is 3. The van der Waals surface area contributed by atoms with Gasteiger partial charge >= 0.3 is 0 Å². The molecule has 2 aliphatic rings. The van der Waals surface area contributed by atoms with Gasteiger partial charge < -0.3 is 14.2 Å². The minimum atomic E-state index is -0.456. The molecule has 0 amide bonds. The third-order valence-electron chi connectivity index (χ3n) is 5.64. The third-order valence-corrected chi connectivity index (χ3v) is 6.21. The van der Waals surface area contributed by atoms with Gasteiger partial charge in [-0.3, -0.25) is 0 Å². The quantitative estimate of drug-likeness (QED) is 0.466. The normalized spacial score (nSPS) is 19.2. The van der Waals surface area contributed by atoms with Crippen molar-refractivity contribution in [1.82, 2.24) is 5.01 Å². The van der Waals surface area contributed by atoms with Gasteiger partial charge in [-0.1, -0.05) is 47.5 Å². The fraction of sp³-hybridized carbons (Fsp3) is 0.208. The zero-order valence-electron chi connectivity index (χ0n) is 17.0. The standard InChI is InChI=1S/C24H20Cl2N2O3/c1-29-22-10-7-14(11-23(22)30-2)19-13-20-17-5-3-4-6-21(17)31-24(28(20)27-19)16-9-8-15(25)12-18(16)26/h3-12,20,24H,13H2,1-2H3/t20-,24+/m0/s1. The number of halogens is 2. The number of hydrazone groups is 1. The number of hydrogen-bond acceptors (Lipinski definition) is 5. The van der Waals surface area contributed by atoms with E-state index in [1.807, 2.05) is 53.5 Å². The van der Waals surface area contributed by atoms with Crippen LogP contribution in [0.15, 0.2) is 65.8 Å². The molecule has 0 aromatic heterocycles. The van der Waals surface area contributed by atoms with Crippen molar-refractivity contribution in [2.24, 2.45) is 5.10 Å². The van der Waals surface area contributed by atoms with Crippen LogP contribution in [0.2, 0.25) is 10.0 Å². The van der Waals surface area contributed by atoms with Gasteiger partial charge in [-0.25, -0.2) is 5.01 Å². The van der Waals surface area contributed by atoms with Crippen LogP contribution >= 0.6 is 23.2 Å². The Labute approximate surface area is 190 Å². The Hall–Kier alpha value is -2.89. The predicted molar refractivity (Wildman–Crippen MR) is 122 cm³/mol. The Kier molecular flexibility index (Phi) is 5.16. The molecule has 0 saturated carbocycles. The largest absolute Gasteiger partial charge is 0.493 e. The van der Waals surface area contributed by atoms with Crippen LogP contribution in [0.5, 0.6) is 17.2 Å². The zero-order valence-corrected chi connectivity index (χ0v) is 18.5. The van der Waals surface area contributed by atoms with E-state index >= 15 is 0 Å². The summed E-state index contributed by atoms with van der Waals surface area (Å²) in [7, 11) is 3.25. The Balaban J connectivity index is 1.59. The van der Waals surface area contributed by atoms with Crippen molar-refractivity contribution < 1.29 is 14.2 Å². The number of ether oxygens (including phenoxy) is 3. The highest BCUT2D eigenvalue weighted by atomic mass is 35.5. The molecule has 3 aromatic carbocycles. The van der Waals surface area contributed by atoms with Gasteiger partial charge in [0.25, 0.3) is 0 Å². The summed E-state index contributed by atoms with van der Waals surface area (Å²) in [5.74, 6) is 2.19. The SMILES string of the molecule is COc1ccc(C2=NN3[C@@H](c4ccc(Cl)cc4Cl)Oc4ccccc4[C@@H]3C2)cc1OC. The van der Waals surface area contributed by atoms with Crippen molar-refractivity contribution in [3.8, 4) is 17.2 Å². The average molecular weight is 455 g/mol. The number of methoxy groups -OCH3 is 2. The molecule has 0 spiro atoms. The molecule has 0 saturated heterocycles. The van der Waals surface area contributed by atoms with Crippen LogP contribution in [-0.4, -0.2) is 24.9 Å². The van der Waals surface area contributed by atoms with E-state index in [4.69, 9.17) is 42.5 Å². The fourth-order valence-electron chi connectivity index (χ4n) is 4.13. The van der Waals surface area contributed by atoms with Gasteiger partial charge in [0.05, 0.1) is 31.0 Å². The summed E-state index contributed by atoms with van der Waals surface area (Å²) < 4.78 is 17.2. The third kappa shape index (κ3) is 3.48. The minimum absolute atomic E-state index is 0.0322. The maximum absolute atomic E-state index is 6.54. The van der Waals surface area contributed by atoms with Gasteiger partial charge in [-0.2, -0.15) is 5.10 Å². The number of para-hydroxylation sites is 1. The summed E-state index contributed by atoms with van der Waals surface area (Å²) in [5, 5.41) is 8.09. The van der Waals surface area contributed by atoms with E-state index in [0.717, 1.165) is 34.6 Å². The summed E-state index contributed by atoms with van der Waals surface area (Å²) in [6.07, 6.45) is 0.278. The molecule has 7 heteroatoms. The second-order valence-electron chi connectivity index (χ2n) is 7.39. The van der Waals surface area contributed by atoms with Crippen LogP contribution in [-0.2, 0) is 0 Å². The topological polar surface area (TPSA) is 43.3 Å². The highest BCUT2D eigenvalue weighted by molar-refractivity contribution is 6.35. The lowest BCUT2D eigenvalue weighted by molar-refractivity contribution is -0.0189. The molecule has 0 radical (unpaired) electrons. The summed E-state index contributed by atoms with van der Waals surface area (Å²) in [4.78, 5) is 0. The van der Waals surface area contributed by atoms with E-state index in [1.54, 1.807) is 20.3 Å². The molecular weight excluding hydrogens is 435 g/mol. The maximum Gasteiger partial charge on any atom is 0.215 e. The molecule has 31 heavy (non-hydrogen) atoms. The van der Waals surface area contributed by atoms with E-state index in [-0.39, 0.29) is 6.04 Å². The van der Waals surface area contributed by atoms with Crippen LogP contribution < -0.4 is 14.2 Å². The minimum Gasteiger partial charge on any atom is -0.493 e. The molecule has 3 aromatic rings. The molecular formula is C24H20Cl2N2O3. The number of benzene rings is 3. The highest BCUT2D eigenvalue weighted by Gasteiger charge is 2.41. The van der Waals surface area contributed by atoms with Crippen molar-refractivity contribution >= 4 is 28.9 Å². The first-order valence-electron chi connectivity index (χ1n) is 9.88. The molecule has 0 bridgehead atoms. The van der Waals surface area contributed by atoms with Crippen LogP contribution in [0.1, 0.15) is 35.4 Å². The first kappa shape index (κ1) is 20.0. The van der Waals surface area contributed by atoms with Crippen LogP contribution in [0.25, 0.3) is 0 Å². The zero-order chi connectivity index (χ0) is 21.5. The molecule has 2 atom stereocenters. The monoisotopic (exact) mass is 454 g/mol. The van der Waals surface area contributed by atoms with Gasteiger partial charge in [0, 0.05) is 28.1 Å². The van der Waals surface area contributed by atoms with Crippen molar-refractivity contribution in [2.45, 2.75) is 18.7 Å². The van der Waals surface area contributed by atoms with E-state index in [2.05, 4.69) is 6.07 Å². The van der Waals surface area contributed by atoms with E-state index in [0.29, 0.717) is 21.5 Å². The average Bonchev–Trinajstić information content (AvgIpc) is 3.24. The number of hydrogen-bond donors (Lipinski definition) is 0. The van der Waals surface area contributed by atoms with E-state index in [9.17, 15) is 0 Å². The van der Waals surface area contributed by atoms with Gasteiger partial charge in [-0.05, 0) is 36.4 Å². The van der Waals surface area contributed by atoms with Crippen molar-refractivity contribution in [3.63, 3.8) is 0 Å². The lowest BCUT2D eigenvalue weighted by Crippen LogP contribution is -2.33. The van der Waals surface area contributed by atoms with Gasteiger partial charge in [0.2, 0.25) is 6.23 Å². The Bertz CT molecular complexity index is 1180. The lowest BCUT2D eigenvalue weighted by atomic mass is 9.96. The first-order chi connectivity index (χ1) is 15.1. The highest BCUT2D eigenvalue weighted by Crippen LogP contribution is 2.48. The van der Waals surface area contributed by atoms with E-state index in [1.165, 1.54) is 0 Å². The molecule has 0 fully saturated rings. The first-order valence-corrected chi connectivity index (χ1v) is 10.6. The molecule has 0 aliphatic carbocycles. The Morgan fingerprint density at radius 3 is 2.52 bits per heavy atom. The molecule has 158 valence electrons. The van der Waals surface area contributed by atoms with Crippen molar-refractivity contribution in [3.05, 3.63) is 87.4 Å². The summed E-state index contributed by atoms with van der Waals surface area (Å²) >= 11 is 12.7. The fourth-order valence-corrected chi connectivity index (χ4v) is 4.63. The van der Waals surface area contributed by atoms with Crippen LogP contribution in [0, 0.1) is 0 Å². The molecule has 5 rings (SSSR count). The van der Waals surface area contributed by atoms with E-state index < -0.39 is 6.23 Å². The number of rotatable bonds is 4.